The highest BCUT2D eigenvalue weighted by atomic mass is 35.5. The minimum absolute atomic E-state index is 0.114. The van der Waals surface area contributed by atoms with Crippen LogP contribution in [0.15, 0.2) is 47.6 Å². The van der Waals surface area contributed by atoms with Crippen molar-refractivity contribution < 1.29 is 19.5 Å². The molecule has 0 bridgehead atoms. The van der Waals surface area contributed by atoms with Gasteiger partial charge in [-0.3, -0.25) is 0 Å². The highest BCUT2D eigenvalue weighted by Crippen LogP contribution is 2.36. The monoisotopic (exact) mass is 305 g/mol. The van der Waals surface area contributed by atoms with Crippen LogP contribution in [0.1, 0.15) is 15.9 Å². The van der Waals surface area contributed by atoms with Crippen LogP contribution in [0.25, 0.3) is 0 Å². The molecule has 0 fully saturated rings. The van der Waals surface area contributed by atoms with Gasteiger partial charge in [-0.25, -0.2) is 4.79 Å². The standard InChI is InChI=1S/C15H12ClNO4/c1-20-13-8-10(9-17-19)7-12(16)14(13)21-15(18)11-5-3-2-4-6-11/h2-9,19H,1H3/b17-9+. The molecule has 0 saturated heterocycles. The molecular formula is C15H12ClNO4. The Morgan fingerprint density at radius 1 is 1.29 bits per heavy atom. The van der Waals surface area contributed by atoms with Gasteiger partial charge in [-0.2, -0.15) is 0 Å². The molecule has 0 aromatic heterocycles. The highest BCUT2D eigenvalue weighted by Gasteiger charge is 2.16. The number of carbonyl (C=O) groups excluding carboxylic acids is 1. The Bertz CT molecular complexity index is 671. The number of hydrogen-bond donors (Lipinski definition) is 1. The van der Waals surface area contributed by atoms with E-state index in [0.29, 0.717) is 11.1 Å². The molecule has 0 aliphatic rings. The van der Waals surface area contributed by atoms with Gasteiger partial charge in [0.1, 0.15) is 0 Å². The number of carbonyl (C=O) groups is 1. The Labute approximate surface area is 126 Å². The number of ether oxygens (including phenoxy) is 2. The zero-order chi connectivity index (χ0) is 15.2. The van der Waals surface area contributed by atoms with E-state index < -0.39 is 5.97 Å². The number of hydrogen-bond acceptors (Lipinski definition) is 5. The van der Waals surface area contributed by atoms with Crippen LogP contribution in [-0.4, -0.2) is 24.5 Å². The third-order valence-electron chi connectivity index (χ3n) is 2.66. The van der Waals surface area contributed by atoms with Crippen LogP contribution >= 0.6 is 11.6 Å². The molecule has 0 amide bonds. The number of methoxy groups -OCH3 is 1. The van der Waals surface area contributed by atoms with Gasteiger partial charge in [0.2, 0.25) is 0 Å². The third kappa shape index (κ3) is 3.52. The van der Waals surface area contributed by atoms with Gasteiger partial charge in [0.15, 0.2) is 11.5 Å². The van der Waals surface area contributed by atoms with Crippen molar-refractivity contribution in [3.63, 3.8) is 0 Å². The van der Waals surface area contributed by atoms with E-state index in [0.717, 1.165) is 0 Å². The average Bonchev–Trinajstić information content (AvgIpc) is 2.50. The van der Waals surface area contributed by atoms with Gasteiger partial charge >= 0.3 is 5.97 Å². The van der Waals surface area contributed by atoms with E-state index in [4.69, 9.17) is 26.3 Å². The number of esters is 1. The van der Waals surface area contributed by atoms with Gasteiger partial charge < -0.3 is 14.7 Å². The van der Waals surface area contributed by atoms with Gasteiger partial charge in [0.25, 0.3) is 0 Å². The SMILES string of the molecule is COc1cc(/C=N/O)cc(Cl)c1OC(=O)c1ccccc1. The Morgan fingerprint density at radius 2 is 2.00 bits per heavy atom. The molecule has 0 spiro atoms. The van der Waals surface area contributed by atoms with Crippen molar-refractivity contribution in [2.24, 2.45) is 5.16 Å². The molecule has 0 atom stereocenters. The summed E-state index contributed by atoms with van der Waals surface area (Å²) in [5.74, 6) is -0.163. The lowest BCUT2D eigenvalue weighted by Crippen LogP contribution is -2.09. The van der Waals surface area contributed by atoms with Crippen molar-refractivity contribution in [1.82, 2.24) is 0 Å². The van der Waals surface area contributed by atoms with Crippen molar-refractivity contribution in [3.05, 3.63) is 58.6 Å². The Hall–Kier alpha value is -2.53. The summed E-state index contributed by atoms with van der Waals surface area (Å²) in [6.45, 7) is 0. The molecule has 2 aromatic carbocycles. The van der Waals surface area contributed by atoms with E-state index >= 15 is 0 Å². The minimum Gasteiger partial charge on any atom is -0.493 e. The van der Waals surface area contributed by atoms with Crippen molar-refractivity contribution in [3.8, 4) is 11.5 Å². The van der Waals surface area contributed by atoms with Crippen LogP contribution in [0.3, 0.4) is 0 Å². The molecule has 108 valence electrons. The first-order chi connectivity index (χ1) is 10.2. The number of benzene rings is 2. The predicted octanol–water partition coefficient (Wildman–Crippen LogP) is 3.38. The lowest BCUT2D eigenvalue weighted by Gasteiger charge is -2.11. The van der Waals surface area contributed by atoms with E-state index in [-0.39, 0.29) is 16.5 Å². The van der Waals surface area contributed by atoms with Crippen LogP contribution in [0.4, 0.5) is 0 Å². The lowest BCUT2D eigenvalue weighted by atomic mass is 10.2. The number of rotatable bonds is 4. The third-order valence-corrected chi connectivity index (χ3v) is 2.94. The van der Waals surface area contributed by atoms with E-state index in [2.05, 4.69) is 5.16 Å². The molecule has 5 nitrogen and oxygen atoms in total. The Morgan fingerprint density at radius 3 is 2.62 bits per heavy atom. The second-order valence-electron chi connectivity index (χ2n) is 4.03. The fraction of sp³-hybridized carbons (Fsp3) is 0.0667. The summed E-state index contributed by atoms with van der Waals surface area (Å²) >= 11 is 6.08. The first-order valence-corrected chi connectivity index (χ1v) is 6.35. The number of oxime groups is 1. The molecule has 1 N–H and O–H groups in total. The fourth-order valence-corrected chi connectivity index (χ4v) is 1.96. The summed E-state index contributed by atoms with van der Waals surface area (Å²) in [6.07, 6.45) is 1.19. The zero-order valence-corrected chi connectivity index (χ0v) is 11.9. The summed E-state index contributed by atoms with van der Waals surface area (Å²) in [4.78, 5) is 12.0. The zero-order valence-electron chi connectivity index (χ0n) is 11.1. The smallest absolute Gasteiger partial charge is 0.343 e. The minimum atomic E-state index is -0.542. The normalized spacial score (nSPS) is 10.6. The Kier molecular flexibility index (Phi) is 4.79. The van der Waals surface area contributed by atoms with E-state index in [1.807, 2.05) is 0 Å². The second kappa shape index (κ2) is 6.76. The van der Waals surface area contributed by atoms with Gasteiger partial charge in [-0.1, -0.05) is 35.0 Å². The molecule has 0 unspecified atom stereocenters. The highest BCUT2D eigenvalue weighted by molar-refractivity contribution is 6.32. The summed E-state index contributed by atoms with van der Waals surface area (Å²) < 4.78 is 10.4. The van der Waals surface area contributed by atoms with Crippen LogP contribution < -0.4 is 9.47 Å². The molecule has 6 heteroatoms. The molecule has 2 aromatic rings. The van der Waals surface area contributed by atoms with Crippen LogP contribution in [0.2, 0.25) is 5.02 Å². The largest absolute Gasteiger partial charge is 0.493 e. The quantitative estimate of drug-likeness (QED) is 0.309. The molecule has 0 aliphatic carbocycles. The molecule has 0 aliphatic heterocycles. The van der Waals surface area contributed by atoms with Crippen LogP contribution in [0, 0.1) is 0 Å². The van der Waals surface area contributed by atoms with Crippen LogP contribution in [-0.2, 0) is 0 Å². The molecule has 2 rings (SSSR count). The maximum absolute atomic E-state index is 12.0. The predicted molar refractivity (Wildman–Crippen MR) is 78.8 cm³/mol. The summed E-state index contributed by atoms with van der Waals surface area (Å²) in [6, 6.07) is 11.6. The second-order valence-corrected chi connectivity index (χ2v) is 4.44. The molecule has 21 heavy (non-hydrogen) atoms. The summed E-state index contributed by atoms with van der Waals surface area (Å²) in [7, 11) is 1.42. The van der Waals surface area contributed by atoms with Gasteiger partial charge in [-0.05, 0) is 24.3 Å². The molecule has 0 heterocycles. The van der Waals surface area contributed by atoms with Crippen molar-refractivity contribution in [2.75, 3.05) is 7.11 Å². The summed E-state index contributed by atoms with van der Waals surface area (Å²) in [5, 5.41) is 11.6. The average molecular weight is 306 g/mol. The maximum atomic E-state index is 12.0. The van der Waals surface area contributed by atoms with E-state index in [1.54, 1.807) is 36.4 Å². The maximum Gasteiger partial charge on any atom is 0.343 e. The van der Waals surface area contributed by atoms with Crippen molar-refractivity contribution >= 4 is 23.8 Å². The van der Waals surface area contributed by atoms with Gasteiger partial charge in [0.05, 0.1) is 23.9 Å². The first-order valence-electron chi connectivity index (χ1n) is 5.98. The Balaban J connectivity index is 2.33. The van der Waals surface area contributed by atoms with Gasteiger partial charge in [0, 0.05) is 5.56 Å². The lowest BCUT2D eigenvalue weighted by molar-refractivity contribution is 0.0730. The number of halogens is 1. The molecule has 0 saturated carbocycles. The molecule has 0 radical (unpaired) electrons. The fourth-order valence-electron chi connectivity index (χ4n) is 1.71. The van der Waals surface area contributed by atoms with Crippen molar-refractivity contribution in [1.29, 1.82) is 0 Å². The van der Waals surface area contributed by atoms with Gasteiger partial charge in [-0.15, -0.1) is 0 Å². The van der Waals surface area contributed by atoms with Crippen LogP contribution in [0.5, 0.6) is 11.5 Å². The van der Waals surface area contributed by atoms with E-state index in [9.17, 15) is 4.79 Å². The topological polar surface area (TPSA) is 68.1 Å². The molecular weight excluding hydrogens is 294 g/mol. The number of nitrogens with zero attached hydrogens (tertiary/aromatic N) is 1. The summed E-state index contributed by atoms with van der Waals surface area (Å²) in [5.41, 5.74) is 0.912. The first kappa shape index (κ1) is 14.9. The van der Waals surface area contributed by atoms with E-state index in [1.165, 1.54) is 19.4 Å². The van der Waals surface area contributed by atoms with Crippen molar-refractivity contribution in [2.45, 2.75) is 0 Å².